The first-order chi connectivity index (χ1) is 9.13. The number of hydrazine groups is 1. The Bertz CT molecular complexity index is 550. The molecule has 0 saturated heterocycles. The summed E-state index contributed by atoms with van der Waals surface area (Å²) in [7, 11) is 1.96. The van der Waals surface area contributed by atoms with Crippen LogP contribution in [0.5, 0.6) is 0 Å². The van der Waals surface area contributed by atoms with E-state index in [4.69, 9.17) is 5.84 Å². The number of benzene rings is 1. The molecule has 0 radical (unpaired) electrons. The predicted octanol–water partition coefficient (Wildman–Crippen LogP) is 2.63. The van der Waals surface area contributed by atoms with E-state index in [0.717, 1.165) is 17.3 Å². The molecule has 4 nitrogen and oxygen atoms in total. The highest BCUT2D eigenvalue weighted by molar-refractivity contribution is 9.10. The minimum Gasteiger partial charge on any atom is -0.273 e. The van der Waals surface area contributed by atoms with Crippen molar-refractivity contribution in [2.75, 3.05) is 0 Å². The summed E-state index contributed by atoms with van der Waals surface area (Å²) in [6, 6.07) is 8.40. The van der Waals surface area contributed by atoms with Crippen molar-refractivity contribution in [2.24, 2.45) is 12.9 Å². The first kappa shape index (κ1) is 14.2. The van der Waals surface area contributed by atoms with E-state index < -0.39 is 0 Å². The van der Waals surface area contributed by atoms with Gasteiger partial charge in [0.15, 0.2) is 0 Å². The van der Waals surface area contributed by atoms with E-state index in [2.05, 4.69) is 39.4 Å². The average molecular weight is 323 g/mol. The molecule has 102 valence electrons. The fourth-order valence-corrected chi connectivity index (χ4v) is 2.65. The van der Waals surface area contributed by atoms with E-state index in [1.54, 1.807) is 0 Å². The third-order valence-electron chi connectivity index (χ3n) is 3.50. The third kappa shape index (κ3) is 3.23. The fraction of sp³-hybridized carbons (Fsp3) is 0.357. The average Bonchev–Trinajstić information content (AvgIpc) is 2.80. The second-order valence-corrected chi connectivity index (χ2v) is 5.51. The van der Waals surface area contributed by atoms with E-state index in [9.17, 15) is 0 Å². The van der Waals surface area contributed by atoms with Crippen LogP contribution in [0.25, 0.3) is 0 Å². The van der Waals surface area contributed by atoms with Gasteiger partial charge in [0.1, 0.15) is 0 Å². The lowest BCUT2D eigenvalue weighted by atomic mass is 9.97. The highest BCUT2D eigenvalue weighted by atomic mass is 79.9. The molecular formula is C14H19BrN4. The van der Waals surface area contributed by atoms with Crippen molar-refractivity contribution in [3.05, 3.63) is 51.8 Å². The molecule has 1 aromatic heterocycles. The molecule has 3 N–H and O–H groups in total. The van der Waals surface area contributed by atoms with Crippen molar-refractivity contribution in [3.8, 4) is 0 Å². The molecule has 0 aliphatic rings. The van der Waals surface area contributed by atoms with Crippen LogP contribution in [0.1, 0.15) is 29.3 Å². The minimum absolute atomic E-state index is 0.146. The molecule has 0 spiro atoms. The van der Waals surface area contributed by atoms with Crippen LogP contribution in [0, 0.1) is 6.92 Å². The van der Waals surface area contributed by atoms with Gasteiger partial charge in [-0.1, -0.05) is 28.1 Å². The summed E-state index contributed by atoms with van der Waals surface area (Å²) in [6.45, 7) is 2.10. The summed E-state index contributed by atoms with van der Waals surface area (Å²) in [5.41, 5.74) is 6.60. The van der Waals surface area contributed by atoms with Crippen molar-refractivity contribution in [1.29, 1.82) is 0 Å². The zero-order chi connectivity index (χ0) is 13.8. The van der Waals surface area contributed by atoms with Crippen LogP contribution in [0.15, 0.2) is 34.9 Å². The number of aromatic nitrogens is 2. The van der Waals surface area contributed by atoms with Gasteiger partial charge in [-0.2, -0.15) is 5.10 Å². The summed E-state index contributed by atoms with van der Waals surface area (Å²) in [5, 5.41) is 4.18. The first-order valence-corrected chi connectivity index (χ1v) is 7.10. The Kier molecular flexibility index (Phi) is 4.74. The van der Waals surface area contributed by atoms with Crippen LogP contribution in [0.4, 0.5) is 0 Å². The Morgan fingerprint density at radius 3 is 2.84 bits per heavy atom. The van der Waals surface area contributed by atoms with Crippen molar-refractivity contribution >= 4 is 15.9 Å². The van der Waals surface area contributed by atoms with Gasteiger partial charge in [0.05, 0.1) is 0 Å². The lowest BCUT2D eigenvalue weighted by molar-refractivity contribution is 0.504. The van der Waals surface area contributed by atoms with Gasteiger partial charge in [-0.05, 0) is 43.0 Å². The van der Waals surface area contributed by atoms with E-state index in [0.29, 0.717) is 0 Å². The Hall–Kier alpha value is -1.17. The second kappa shape index (κ2) is 6.32. The molecule has 0 bridgehead atoms. The van der Waals surface area contributed by atoms with Crippen LogP contribution in [0.2, 0.25) is 0 Å². The number of hydrogen-bond donors (Lipinski definition) is 2. The van der Waals surface area contributed by atoms with Gasteiger partial charge in [-0.25, -0.2) is 0 Å². The van der Waals surface area contributed by atoms with E-state index >= 15 is 0 Å². The Morgan fingerprint density at radius 1 is 1.42 bits per heavy atom. The molecule has 0 saturated carbocycles. The van der Waals surface area contributed by atoms with Crippen molar-refractivity contribution in [2.45, 2.75) is 25.8 Å². The predicted molar refractivity (Wildman–Crippen MR) is 80.5 cm³/mol. The van der Waals surface area contributed by atoms with Gasteiger partial charge in [-0.15, -0.1) is 0 Å². The molecule has 0 aliphatic heterocycles. The number of hydrogen-bond acceptors (Lipinski definition) is 3. The van der Waals surface area contributed by atoms with Crippen molar-refractivity contribution < 1.29 is 0 Å². The highest BCUT2D eigenvalue weighted by Crippen LogP contribution is 2.26. The van der Waals surface area contributed by atoms with Gasteiger partial charge < -0.3 is 0 Å². The molecule has 2 rings (SSSR count). The summed E-state index contributed by atoms with van der Waals surface area (Å²) in [6.07, 6.45) is 3.70. The van der Waals surface area contributed by atoms with E-state index in [1.807, 2.05) is 36.1 Å². The van der Waals surface area contributed by atoms with Gasteiger partial charge in [0.25, 0.3) is 0 Å². The molecule has 2 aromatic rings. The zero-order valence-electron chi connectivity index (χ0n) is 11.2. The van der Waals surface area contributed by atoms with Gasteiger partial charge in [-0.3, -0.25) is 16.0 Å². The quantitative estimate of drug-likeness (QED) is 0.657. The highest BCUT2D eigenvalue weighted by Gasteiger charge is 2.14. The summed E-state index contributed by atoms with van der Waals surface area (Å²) in [5.74, 6) is 5.71. The number of aryl methyl sites for hydroxylation is 2. The van der Waals surface area contributed by atoms with E-state index in [1.165, 1.54) is 16.8 Å². The summed E-state index contributed by atoms with van der Waals surface area (Å²) >= 11 is 3.56. The summed E-state index contributed by atoms with van der Waals surface area (Å²) in [4.78, 5) is 0. The SMILES string of the molecule is Cc1c(Br)cccc1C(CCc1ccnn1C)NN. The fourth-order valence-electron chi connectivity index (χ4n) is 2.27. The Morgan fingerprint density at radius 2 is 2.21 bits per heavy atom. The molecule has 1 atom stereocenters. The molecular weight excluding hydrogens is 304 g/mol. The van der Waals surface area contributed by atoms with Gasteiger partial charge in [0, 0.05) is 29.5 Å². The van der Waals surface area contributed by atoms with Crippen molar-refractivity contribution in [1.82, 2.24) is 15.2 Å². The molecule has 5 heteroatoms. The molecule has 1 aromatic carbocycles. The Labute approximate surface area is 122 Å². The topological polar surface area (TPSA) is 55.9 Å². The largest absolute Gasteiger partial charge is 0.273 e. The smallest absolute Gasteiger partial charge is 0.0492 e. The number of nitrogens with one attached hydrogen (secondary N) is 1. The number of nitrogens with zero attached hydrogens (tertiary/aromatic N) is 2. The van der Waals surface area contributed by atoms with Crippen LogP contribution in [0.3, 0.4) is 0 Å². The summed E-state index contributed by atoms with van der Waals surface area (Å²) < 4.78 is 3.02. The zero-order valence-corrected chi connectivity index (χ0v) is 12.8. The van der Waals surface area contributed by atoms with Gasteiger partial charge >= 0.3 is 0 Å². The Balaban J connectivity index is 2.12. The molecule has 19 heavy (non-hydrogen) atoms. The number of halogens is 1. The minimum atomic E-state index is 0.146. The first-order valence-electron chi connectivity index (χ1n) is 6.31. The third-order valence-corrected chi connectivity index (χ3v) is 4.36. The molecule has 0 amide bonds. The van der Waals surface area contributed by atoms with E-state index in [-0.39, 0.29) is 6.04 Å². The maximum absolute atomic E-state index is 5.71. The number of nitrogens with two attached hydrogens (primary N) is 1. The molecule has 1 unspecified atom stereocenters. The lowest BCUT2D eigenvalue weighted by Gasteiger charge is -2.19. The monoisotopic (exact) mass is 322 g/mol. The van der Waals surface area contributed by atoms with Crippen molar-refractivity contribution in [3.63, 3.8) is 0 Å². The maximum Gasteiger partial charge on any atom is 0.0492 e. The lowest BCUT2D eigenvalue weighted by Crippen LogP contribution is -2.29. The molecule has 1 heterocycles. The standard InChI is InChI=1S/C14H19BrN4/c1-10-12(4-3-5-13(10)15)14(18-16)7-6-11-8-9-17-19(11)2/h3-5,8-9,14,18H,6-7,16H2,1-2H3. The van der Waals surface area contributed by atoms with Crippen LogP contribution < -0.4 is 11.3 Å². The maximum atomic E-state index is 5.71. The van der Waals surface area contributed by atoms with Crippen LogP contribution in [-0.4, -0.2) is 9.78 Å². The second-order valence-electron chi connectivity index (χ2n) is 4.66. The normalized spacial score (nSPS) is 12.6. The molecule has 0 fully saturated rings. The van der Waals surface area contributed by atoms with Crippen LogP contribution >= 0.6 is 15.9 Å². The van der Waals surface area contributed by atoms with Gasteiger partial charge in [0.2, 0.25) is 0 Å². The molecule has 0 aliphatic carbocycles. The van der Waals surface area contributed by atoms with Crippen LogP contribution in [-0.2, 0) is 13.5 Å². The number of rotatable bonds is 5.